The SMILES string of the molecule is COc1cncc(C(=O)C2COc3ccccc32)c1. The molecule has 0 bridgehead atoms. The second kappa shape index (κ2) is 4.72. The van der Waals surface area contributed by atoms with Crippen LogP contribution in [0.15, 0.2) is 42.7 Å². The number of fused-ring (bicyclic) bond motifs is 1. The molecular formula is C15H13NO3. The lowest BCUT2D eigenvalue weighted by Crippen LogP contribution is -2.14. The fraction of sp³-hybridized carbons (Fsp3) is 0.200. The Bertz CT molecular complexity index is 624. The normalized spacial score (nSPS) is 16.6. The van der Waals surface area contributed by atoms with Gasteiger partial charge in [0.25, 0.3) is 0 Å². The lowest BCUT2D eigenvalue weighted by molar-refractivity contribution is 0.0946. The molecule has 0 aliphatic carbocycles. The standard InChI is InChI=1S/C15H13NO3/c1-18-11-6-10(7-16-8-11)15(17)13-9-19-14-5-3-2-4-12(13)14/h2-8,13H,9H2,1H3. The van der Waals surface area contributed by atoms with Crippen LogP contribution in [0.1, 0.15) is 21.8 Å². The summed E-state index contributed by atoms with van der Waals surface area (Å²) in [6, 6.07) is 9.33. The van der Waals surface area contributed by atoms with E-state index in [1.165, 1.54) is 0 Å². The molecule has 0 N–H and O–H groups in total. The zero-order valence-corrected chi connectivity index (χ0v) is 10.5. The van der Waals surface area contributed by atoms with Crippen LogP contribution in [0.4, 0.5) is 0 Å². The number of methoxy groups -OCH3 is 1. The molecule has 0 saturated carbocycles. The van der Waals surface area contributed by atoms with Crippen LogP contribution in [-0.4, -0.2) is 24.5 Å². The summed E-state index contributed by atoms with van der Waals surface area (Å²) < 4.78 is 10.6. The van der Waals surface area contributed by atoms with Crippen LogP contribution in [0.5, 0.6) is 11.5 Å². The average molecular weight is 255 g/mol. The molecule has 1 atom stereocenters. The van der Waals surface area contributed by atoms with E-state index >= 15 is 0 Å². The van der Waals surface area contributed by atoms with Gasteiger partial charge in [0.2, 0.25) is 0 Å². The highest BCUT2D eigenvalue weighted by molar-refractivity contribution is 6.01. The number of hydrogen-bond acceptors (Lipinski definition) is 4. The first-order valence-electron chi connectivity index (χ1n) is 6.04. The Morgan fingerprint density at radius 3 is 3.05 bits per heavy atom. The summed E-state index contributed by atoms with van der Waals surface area (Å²) in [6.45, 7) is 0.384. The number of ether oxygens (including phenoxy) is 2. The molecule has 0 radical (unpaired) electrons. The number of benzene rings is 1. The Balaban J connectivity index is 1.93. The van der Waals surface area contributed by atoms with Crippen LogP contribution in [-0.2, 0) is 0 Å². The molecule has 1 aromatic carbocycles. The third kappa shape index (κ3) is 2.05. The van der Waals surface area contributed by atoms with Crippen molar-refractivity contribution in [3.63, 3.8) is 0 Å². The molecule has 1 aliphatic rings. The molecule has 1 unspecified atom stereocenters. The second-order valence-electron chi connectivity index (χ2n) is 4.38. The summed E-state index contributed by atoms with van der Waals surface area (Å²) >= 11 is 0. The van der Waals surface area contributed by atoms with Crippen molar-refractivity contribution < 1.29 is 14.3 Å². The van der Waals surface area contributed by atoms with Gasteiger partial charge in [0.15, 0.2) is 5.78 Å². The van der Waals surface area contributed by atoms with Crippen molar-refractivity contribution in [1.82, 2.24) is 4.98 Å². The first-order chi connectivity index (χ1) is 9.29. The maximum absolute atomic E-state index is 12.5. The van der Waals surface area contributed by atoms with E-state index in [2.05, 4.69) is 4.98 Å². The smallest absolute Gasteiger partial charge is 0.175 e. The van der Waals surface area contributed by atoms with E-state index in [-0.39, 0.29) is 11.7 Å². The maximum atomic E-state index is 12.5. The van der Waals surface area contributed by atoms with Crippen molar-refractivity contribution in [2.45, 2.75) is 5.92 Å². The maximum Gasteiger partial charge on any atom is 0.175 e. The van der Waals surface area contributed by atoms with Crippen molar-refractivity contribution in [2.75, 3.05) is 13.7 Å². The van der Waals surface area contributed by atoms with Crippen molar-refractivity contribution >= 4 is 5.78 Å². The van der Waals surface area contributed by atoms with Gasteiger partial charge in [0, 0.05) is 17.3 Å². The van der Waals surface area contributed by atoms with Crippen LogP contribution in [0.3, 0.4) is 0 Å². The number of Topliss-reactive ketones (excluding diaryl/α,β-unsaturated/α-hetero) is 1. The third-order valence-electron chi connectivity index (χ3n) is 3.25. The van der Waals surface area contributed by atoms with Gasteiger partial charge in [0.05, 0.1) is 19.2 Å². The van der Waals surface area contributed by atoms with Crippen molar-refractivity contribution in [1.29, 1.82) is 0 Å². The number of pyridine rings is 1. The zero-order chi connectivity index (χ0) is 13.2. The van der Waals surface area contributed by atoms with Gasteiger partial charge in [-0.1, -0.05) is 18.2 Å². The largest absolute Gasteiger partial charge is 0.495 e. The van der Waals surface area contributed by atoms with Gasteiger partial charge in [-0.3, -0.25) is 9.78 Å². The summed E-state index contributed by atoms with van der Waals surface area (Å²) in [5, 5.41) is 0. The lowest BCUT2D eigenvalue weighted by Gasteiger charge is -2.08. The van der Waals surface area contributed by atoms with Gasteiger partial charge in [-0.25, -0.2) is 0 Å². The second-order valence-corrected chi connectivity index (χ2v) is 4.38. The predicted octanol–water partition coefficient (Wildman–Crippen LogP) is 2.45. The minimum absolute atomic E-state index is 0.0105. The highest BCUT2D eigenvalue weighted by Crippen LogP contribution is 2.35. The Morgan fingerprint density at radius 1 is 1.37 bits per heavy atom. The summed E-state index contributed by atoms with van der Waals surface area (Å²) in [4.78, 5) is 16.5. The molecule has 96 valence electrons. The molecule has 1 aromatic heterocycles. The monoisotopic (exact) mass is 255 g/mol. The number of rotatable bonds is 3. The molecule has 4 heteroatoms. The van der Waals surface area contributed by atoms with E-state index in [1.54, 1.807) is 25.6 Å². The number of ketones is 1. The first-order valence-corrected chi connectivity index (χ1v) is 6.04. The van der Waals surface area contributed by atoms with Gasteiger partial charge >= 0.3 is 0 Å². The zero-order valence-electron chi connectivity index (χ0n) is 10.5. The van der Waals surface area contributed by atoms with Crippen LogP contribution in [0.2, 0.25) is 0 Å². The highest BCUT2D eigenvalue weighted by atomic mass is 16.5. The summed E-state index contributed by atoms with van der Waals surface area (Å²) in [5.74, 6) is 1.12. The fourth-order valence-corrected chi connectivity index (χ4v) is 2.25. The molecule has 2 aromatic rings. The van der Waals surface area contributed by atoms with E-state index in [1.807, 2.05) is 24.3 Å². The minimum atomic E-state index is -0.259. The van der Waals surface area contributed by atoms with Gasteiger partial charge in [0.1, 0.15) is 18.1 Å². The van der Waals surface area contributed by atoms with Crippen LogP contribution < -0.4 is 9.47 Å². The van der Waals surface area contributed by atoms with E-state index < -0.39 is 0 Å². The Morgan fingerprint density at radius 2 is 2.21 bits per heavy atom. The molecule has 0 fully saturated rings. The Kier molecular flexibility index (Phi) is 2.91. The van der Waals surface area contributed by atoms with Crippen LogP contribution >= 0.6 is 0 Å². The Labute approximate surface area is 111 Å². The molecule has 0 saturated heterocycles. The Hall–Kier alpha value is -2.36. The summed E-state index contributed by atoms with van der Waals surface area (Å²) in [5.41, 5.74) is 1.49. The van der Waals surface area contributed by atoms with E-state index in [9.17, 15) is 4.79 Å². The predicted molar refractivity (Wildman–Crippen MR) is 69.8 cm³/mol. The number of hydrogen-bond donors (Lipinski definition) is 0. The van der Waals surface area contributed by atoms with Gasteiger partial charge in [-0.05, 0) is 12.1 Å². The number of carbonyl (C=O) groups is 1. The van der Waals surface area contributed by atoms with E-state index in [0.717, 1.165) is 11.3 Å². The van der Waals surface area contributed by atoms with Gasteiger partial charge in [-0.15, -0.1) is 0 Å². The lowest BCUT2D eigenvalue weighted by atomic mass is 9.93. The topological polar surface area (TPSA) is 48.4 Å². The molecular weight excluding hydrogens is 242 g/mol. The van der Waals surface area contributed by atoms with Gasteiger partial charge < -0.3 is 9.47 Å². The summed E-state index contributed by atoms with van der Waals surface area (Å²) in [7, 11) is 1.55. The average Bonchev–Trinajstić information content (AvgIpc) is 2.90. The third-order valence-corrected chi connectivity index (χ3v) is 3.25. The van der Waals surface area contributed by atoms with Crippen LogP contribution in [0.25, 0.3) is 0 Å². The molecule has 1 aliphatic heterocycles. The molecule has 19 heavy (non-hydrogen) atoms. The number of carbonyl (C=O) groups excluding carboxylic acids is 1. The highest BCUT2D eigenvalue weighted by Gasteiger charge is 2.30. The fourth-order valence-electron chi connectivity index (χ4n) is 2.25. The molecule has 0 amide bonds. The number of para-hydroxylation sites is 1. The molecule has 2 heterocycles. The summed E-state index contributed by atoms with van der Waals surface area (Å²) in [6.07, 6.45) is 3.14. The number of aromatic nitrogens is 1. The van der Waals surface area contributed by atoms with E-state index in [0.29, 0.717) is 17.9 Å². The molecule has 3 rings (SSSR count). The van der Waals surface area contributed by atoms with Crippen molar-refractivity contribution in [2.24, 2.45) is 0 Å². The minimum Gasteiger partial charge on any atom is -0.495 e. The molecule has 0 spiro atoms. The van der Waals surface area contributed by atoms with Crippen molar-refractivity contribution in [3.05, 3.63) is 53.9 Å². The van der Waals surface area contributed by atoms with Crippen LogP contribution in [0, 0.1) is 0 Å². The quantitative estimate of drug-likeness (QED) is 0.790. The van der Waals surface area contributed by atoms with Crippen molar-refractivity contribution in [3.8, 4) is 11.5 Å². The van der Waals surface area contributed by atoms with Gasteiger partial charge in [-0.2, -0.15) is 0 Å². The van der Waals surface area contributed by atoms with E-state index in [4.69, 9.17) is 9.47 Å². The first kappa shape index (κ1) is 11.7. The molecule has 4 nitrogen and oxygen atoms in total. The number of nitrogens with zero attached hydrogens (tertiary/aromatic N) is 1.